The van der Waals surface area contributed by atoms with E-state index >= 15 is 0 Å². The Hall–Kier alpha value is -4.95. The Kier molecular flexibility index (Phi) is 10.6. The van der Waals surface area contributed by atoms with Crippen LogP contribution in [0.15, 0.2) is 121 Å². The smallest absolute Gasteiger partial charge is 0.311 e. The number of ether oxygens (including phenoxy) is 4. The molecule has 0 radical (unpaired) electrons. The normalized spacial score (nSPS) is 16.2. The van der Waals surface area contributed by atoms with Gasteiger partial charge in [0.1, 0.15) is 43.5 Å². The predicted molar refractivity (Wildman–Crippen MR) is 200 cm³/mol. The van der Waals surface area contributed by atoms with Crippen molar-refractivity contribution < 1.29 is 34.0 Å². The predicted octanol–water partition coefficient (Wildman–Crippen LogP) is 7.86. The molecular formula is C44H46O7. The number of fused-ring (bicyclic) bond motifs is 4. The van der Waals surface area contributed by atoms with E-state index in [0.29, 0.717) is 18.1 Å². The third-order valence-corrected chi connectivity index (χ3v) is 9.05. The number of esters is 1. The summed E-state index contributed by atoms with van der Waals surface area (Å²) in [4.78, 5) is 12.1. The van der Waals surface area contributed by atoms with Crippen LogP contribution in [0.4, 0.5) is 0 Å². The van der Waals surface area contributed by atoms with Gasteiger partial charge in [0.2, 0.25) is 0 Å². The second kappa shape index (κ2) is 15.1. The number of rotatable bonds is 14. The number of hydrogen-bond donors (Lipinski definition) is 2. The van der Waals surface area contributed by atoms with Crippen molar-refractivity contribution in [1.82, 2.24) is 0 Å². The summed E-state index contributed by atoms with van der Waals surface area (Å²) >= 11 is 0. The topological polar surface area (TPSA) is 94.5 Å². The van der Waals surface area contributed by atoms with Crippen LogP contribution in [-0.4, -0.2) is 61.4 Å². The molecule has 5 aromatic carbocycles. The molecule has 0 heterocycles. The molecule has 7 heteroatoms. The van der Waals surface area contributed by atoms with E-state index in [4.69, 9.17) is 18.9 Å². The Morgan fingerprint density at radius 1 is 0.686 bits per heavy atom. The third kappa shape index (κ3) is 7.71. The molecule has 3 unspecified atom stereocenters. The minimum atomic E-state index is -0.963. The summed E-state index contributed by atoms with van der Waals surface area (Å²) in [5.74, 6) is 0.866. The molecule has 0 amide bonds. The SMILES string of the molecule is C=C(C)COCC(O)COc1ccc(C2(c3ccc(OCC(O)COC(=O)C(C)(C)C)cc3)c3ccccc3-c3cc4ccccc4cc32)cc1. The lowest BCUT2D eigenvalue weighted by Gasteiger charge is -2.34. The van der Waals surface area contributed by atoms with Gasteiger partial charge in [-0.1, -0.05) is 84.9 Å². The van der Waals surface area contributed by atoms with E-state index < -0.39 is 23.0 Å². The average molecular weight is 687 g/mol. The van der Waals surface area contributed by atoms with Gasteiger partial charge in [-0.15, -0.1) is 0 Å². The number of carbonyl (C=O) groups is 1. The van der Waals surface area contributed by atoms with Crippen molar-refractivity contribution in [2.45, 2.75) is 45.3 Å². The van der Waals surface area contributed by atoms with Crippen molar-refractivity contribution in [3.63, 3.8) is 0 Å². The standard InChI is InChI=1S/C44H46O7/c1-29(2)24-48-25-34(45)26-49-36-18-14-32(15-19-36)44(33-16-20-37(21-17-33)50-27-35(46)28-51-42(47)43(3,4)5)40-13-9-8-12-38(40)39-22-30-10-6-7-11-31(30)23-41(39)44/h6-23,34-35,45-46H,1,24-28H2,2-5H3. The van der Waals surface area contributed by atoms with Crippen molar-refractivity contribution in [2.75, 3.05) is 33.0 Å². The summed E-state index contributed by atoms with van der Waals surface area (Å²) in [7, 11) is 0. The quantitative estimate of drug-likeness (QED) is 0.0890. The van der Waals surface area contributed by atoms with E-state index in [9.17, 15) is 15.0 Å². The second-order valence-electron chi connectivity index (χ2n) is 14.3. The largest absolute Gasteiger partial charge is 0.491 e. The van der Waals surface area contributed by atoms with Gasteiger partial charge in [0, 0.05) is 0 Å². The van der Waals surface area contributed by atoms with Gasteiger partial charge >= 0.3 is 5.97 Å². The lowest BCUT2D eigenvalue weighted by molar-refractivity contribution is -0.156. The van der Waals surface area contributed by atoms with E-state index in [2.05, 4.69) is 91.5 Å². The van der Waals surface area contributed by atoms with Crippen molar-refractivity contribution in [3.8, 4) is 22.6 Å². The van der Waals surface area contributed by atoms with Gasteiger partial charge in [0.05, 0.1) is 24.0 Å². The first-order valence-corrected chi connectivity index (χ1v) is 17.3. The first-order valence-electron chi connectivity index (χ1n) is 17.3. The molecule has 0 saturated heterocycles. The van der Waals surface area contributed by atoms with Crippen LogP contribution in [0.5, 0.6) is 11.5 Å². The summed E-state index contributed by atoms with van der Waals surface area (Å²) in [5, 5.41) is 23.2. The first kappa shape index (κ1) is 35.9. The van der Waals surface area contributed by atoms with Gasteiger partial charge in [0.25, 0.3) is 0 Å². The van der Waals surface area contributed by atoms with Gasteiger partial charge in [0.15, 0.2) is 0 Å². The molecule has 0 aliphatic heterocycles. The zero-order valence-corrected chi connectivity index (χ0v) is 29.7. The molecule has 5 aromatic rings. The molecular weight excluding hydrogens is 640 g/mol. The molecule has 3 atom stereocenters. The third-order valence-electron chi connectivity index (χ3n) is 9.05. The molecule has 7 nitrogen and oxygen atoms in total. The number of carbonyl (C=O) groups excluding carboxylic acids is 1. The zero-order chi connectivity index (χ0) is 36.2. The van der Waals surface area contributed by atoms with Crippen LogP contribution in [0, 0.1) is 5.41 Å². The van der Waals surface area contributed by atoms with Gasteiger partial charge in [-0.05, 0) is 108 Å². The maximum atomic E-state index is 12.1. The number of hydrogen-bond acceptors (Lipinski definition) is 7. The summed E-state index contributed by atoms with van der Waals surface area (Å²) in [5.41, 5.74) is 6.38. The van der Waals surface area contributed by atoms with E-state index in [1.54, 1.807) is 20.8 Å². The van der Waals surface area contributed by atoms with E-state index in [-0.39, 0.29) is 32.4 Å². The van der Waals surface area contributed by atoms with Gasteiger partial charge in [-0.3, -0.25) is 4.79 Å². The molecule has 1 aliphatic rings. The number of benzene rings is 5. The van der Waals surface area contributed by atoms with Crippen LogP contribution >= 0.6 is 0 Å². The Morgan fingerprint density at radius 2 is 1.22 bits per heavy atom. The molecule has 1 aliphatic carbocycles. The Balaban J connectivity index is 1.33. The fourth-order valence-electron chi connectivity index (χ4n) is 6.59. The van der Waals surface area contributed by atoms with Crippen LogP contribution < -0.4 is 9.47 Å². The van der Waals surface area contributed by atoms with E-state index in [1.165, 1.54) is 27.6 Å². The molecule has 51 heavy (non-hydrogen) atoms. The fourth-order valence-corrected chi connectivity index (χ4v) is 6.59. The van der Waals surface area contributed by atoms with E-state index in [0.717, 1.165) is 22.1 Å². The minimum absolute atomic E-state index is 0.0181. The molecule has 2 N–H and O–H groups in total. The van der Waals surface area contributed by atoms with Crippen molar-refractivity contribution >= 4 is 16.7 Å². The maximum Gasteiger partial charge on any atom is 0.311 e. The number of aliphatic hydroxyl groups is 2. The number of aliphatic hydroxyl groups excluding tert-OH is 2. The van der Waals surface area contributed by atoms with Crippen molar-refractivity contribution in [3.05, 3.63) is 144 Å². The Bertz CT molecular complexity index is 1990. The second-order valence-corrected chi connectivity index (χ2v) is 14.3. The summed E-state index contributed by atoms with van der Waals surface area (Å²) in [6.07, 6.45) is -1.73. The van der Waals surface area contributed by atoms with Crippen LogP contribution in [-0.2, 0) is 19.7 Å². The Labute approximate surface area is 300 Å². The van der Waals surface area contributed by atoms with Crippen molar-refractivity contribution in [1.29, 1.82) is 0 Å². The lowest BCUT2D eigenvalue weighted by Crippen LogP contribution is -2.30. The van der Waals surface area contributed by atoms with Gasteiger partial charge in [-0.25, -0.2) is 0 Å². The monoisotopic (exact) mass is 686 g/mol. The van der Waals surface area contributed by atoms with Crippen molar-refractivity contribution in [2.24, 2.45) is 5.41 Å². The molecule has 0 saturated carbocycles. The highest BCUT2D eigenvalue weighted by atomic mass is 16.6. The summed E-state index contributed by atoms with van der Waals surface area (Å²) in [6, 6.07) is 37.6. The molecule has 0 spiro atoms. The van der Waals surface area contributed by atoms with Gasteiger partial charge in [-0.2, -0.15) is 0 Å². The first-order chi connectivity index (χ1) is 24.5. The molecule has 0 aromatic heterocycles. The summed E-state index contributed by atoms with van der Waals surface area (Å²) in [6.45, 7) is 11.5. The van der Waals surface area contributed by atoms with Crippen LogP contribution in [0.25, 0.3) is 21.9 Å². The minimum Gasteiger partial charge on any atom is -0.491 e. The highest BCUT2D eigenvalue weighted by Gasteiger charge is 2.46. The van der Waals surface area contributed by atoms with Crippen LogP contribution in [0.1, 0.15) is 49.9 Å². The maximum absolute atomic E-state index is 12.1. The Morgan fingerprint density at radius 3 is 1.78 bits per heavy atom. The highest BCUT2D eigenvalue weighted by molar-refractivity contribution is 5.95. The van der Waals surface area contributed by atoms with Crippen LogP contribution in [0.2, 0.25) is 0 Å². The van der Waals surface area contributed by atoms with Crippen LogP contribution in [0.3, 0.4) is 0 Å². The molecule has 264 valence electrons. The molecule has 6 rings (SSSR count). The fraction of sp³-hybridized carbons (Fsp3) is 0.295. The van der Waals surface area contributed by atoms with E-state index in [1.807, 2.05) is 31.2 Å². The average Bonchev–Trinajstić information content (AvgIpc) is 3.41. The molecule has 0 bridgehead atoms. The lowest BCUT2D eigenvalue weighted by atomic mass is 9.67. The summed E-state index contributed by atoms with van der Waals surface area (Å²) < 4.78 is 22.7. The van der Waals surface area contributed by atoms with Gasteiger partial charge < -0.3 is 29.2 Å². The zero-order valence-electron chi connectivity index (χ0n) is 29.7. The molecule has 0 fully saturated rings. The highest BCUT2D eigenvalue weighted by Crippen LogP contribution is 2.57.